The molecule has 0 aliphatic carbocycles. The fraction of sp³-hybridized carbons (Fsp3) is 0.312. The predicted octanol–water partition coefficient (Wildman–Crippen LogP) is 3.15. The van der Waals surface area contributed by atoms with E-state index >= 15 is 0 Å². The Balaban J connectivity index is 2.28. The van der Waals surface area contributed by atoms with Crippen LogP contribution >= 0.6 is 0 Å². The van der Waals surface area contributed by atoms with Gasteiger partial charge in [0.1, 0.15) is 5.75 Å². The van der Waals surface area contributed by atoms with Gasteiger partial charge in [-0.1, -0.05) is 19.1 Å². The van der Waals surface area contributed by atoms with Crippen molar-refractivity contribution in [3.63, 3.8) is 0 Å². The van der Waals surface area contributed by atoms with Gasteiger partial charge in [-0.05, 0) is 42.4 Å². The van der Waals surface area contributed by atoms with Crippen molar-refractivity contribution in [2.75, 3.05) is 14.2 Å². The van der Waals surface area contributed by atoms with Gasteiger partial charge in [0.05, 0.1) is 7.11 Å². The van der Waals surface area contributed by atoms with E-state index in [1.54, 1.807) is 7.11 Å². The molecule has 0 radical (unpaired) electrons. The summed E-state index contributed by atoms with van der Waals surface area (Å²) in [6.45, 7) is 2.22. The summed E-state index contributed by atoms with van der Waals surface area (Å²) in [4.78, 5) is 4.07. The van der Waals surface area contributed by atoms with E-state index in [9.17, 15) is 0 Å². The van der Waals surface area contributed by atoms with E-state index in [0.717, 1.165) is 5.75 Å². The lowest BCUT2D eigenvalue weighted by atomic mass is 9.89. The van der Waals surface area contributed by atoms with Gasteiger partial charge in [0.2, 0.25) is 0 Å². The first-order valence-corrected chi connectivity index (χ1v) is 6.47. The summed E-state index contributed by atoms with van der Waals surface area (Å²) in [5.74, 6) is 1.25. The highest BCUT2D eigenvalue weighted by molar-refractivity contribution is 5.33. The van der Waals surface area contributed by atoms with Crippen LogP contribution in [0.4, 0.5) is 0 Å². The minimum Gasteiger partial charge on any atom is -0.497 e. The van der Waals surface area contributed by atoms with Crippen LogP contribution in [0.2, 0.25) is 0 Å². The van der Waals surface area contributed by atoms with Gasteiger partial charge in [-0.25, -0.2) is 0 Å². The summed E-state index contributed by atoms with van der Waals surface area (Å²) in [7, 11) is 3.68. The summed E-state index contributed by atoms with van der Waals surface area (Å²) in [5.41, 5.74) is 2.50. The van der Waals surface area contributed by atoms with E-state index in [0.29, 0.717) is 5.92 Å². The molecule has 0 spiro atoms. The average molecular weight is 256 g/mol. The summed E-state index contributed by atoms with van der Waals surface area (Å²) in [6, 6.07) is 12.6. The molecule has 0 amide bonds. The number of nitrogens with zero attached hydrogens (tertiary/aromatic N) is 1. The van der Waals surface area contributed by atoms with Crippen molar-refractivity contribution in [3.8, 4) is 5.75 Å². The molecule has 2 atom stereocenters. The van der Waals surface area contributed by atoms with Gasteiger partial charge in [-0.2, -0.15) is 0 Å². The molecule has 0 saturated heterocycles. The number of likely N-dealkylation sites (N-methyl/N-ethyl adjacent to an activating group) is 1. The molecule has 2 unspecified atom stereocenters. The van der Waals surface area contributed by atoms with Crippen LogP contribution in [0.3, 0.4) is 0 Å². The van der Waals surface area contributed by atoms with E-state index in [1.165, 1.54) is 11.1 Å². The fourth-order valence-corrected chi connectivity index (χ4v) is 2.40. The molecule has 0 saturated carbocycles. The van der Waals surface area contributed by atoms with Crippen LogP contribution in [0.25, 0.3) is 0 Å². The van der Waals surface area contributed by atoms with Crippen LogP contribution in [0.5, 0.6) is 5.75 Å². The largest absolute Gasteiger partial charge is 0.497 e. The summed E-state index contributed by atoms with van der Waals surface area (Å²) >= 11 is 0. The Kier molecular flexibility index (Phi) is 4.53. The molecule has 2 aromatic rings. The van der Waals surface area contributed by atoms with Crippen molar-refractivity contribution < 1.29 is 4.74 Å². The lowest BCUT2D eigenvalue weighted by molar-refractivity contribution is 0.412. The minimum atomic E-state index is 0.248. The SMILES string of the molecule is CNC(c1cccc(OC)c1)C(C)c1ccncc1. The number of benzene rings is 1. The Bertz CT molecular complexity index is 513. The van der Waals surface area contributed by atoms with Crippen molar-refractivity contribution in [2.45, 2.75) is 18.9 Å². The van der Waals surface area contributed by atoms with Crippen LogP contribution in [0.1, 0.15) is 30.0 Å². The zero-order chi connectivity index (χ0) is 13.7. The van der Waals surface area contributed by atoms with Gasteiger partial charge < -0.3 is 10.1 Å². The Morgan fingerprint density at radius 1 is 1.11 bits per heavy atom. The maximum atomic E-state index is 5.30. The van der Waals surface area contributed by atoms with Gasteiger partial charge in [0.25, 0.3) is 0 Å². The van der Waals surface area contributed by atoms with Crippen molar-refractivity contribution in [2.24, 2.45) is 0 Å². The van der Waals surface area contributed by atoms with Crippen molar-refractivity contribution >= 4 is 0 Å². The maximum absolute atomic E-state index is 5.30. The Labute approximate surface area is 114 Å². The molecule has 0 aliphatic heterocycles. The number of aromatic nitrogens is 1. The molecule has 1 heterocycles. The third-order valence-corrected chi connectivity index (χ3v) is 3.50. The van der Waals surface area contributed by atoms with E-state index < -0.39 is 0 Å². The molecular formula is C16H20N2O. The van der Waals surface area contributed by atoms with Gasteiger partial charge >= 0.3 is 0 Å². The second kappa shape index (κ2) is 6.34. The summed E-state index contributed by atoms with van der Waals surface area (Å²) in [6.07, 6.45) is 3.67. The second-order valence-electron chi connectivity index (χ2n) is 4.61. The third kappa shape index (κ3) is 3.12. The second-order valence-corrected chi connectivity index (χ2v) is 4.61. The normalized spacial score (nSPS) is 13.8. The zero-order valence-corrected chi connectivity index (χ0v) is 11.6. The summed E-state index contributed by atoms with van der Waals surface area (Å²) < 4.78 is 5.30. The van der Waals surface area contributed by atoms with Gasteiger partial charge in [-0.3, -0.25) is 4.98 Å². The van der Waals surface area contributed by atoms with Gasteiger partial charge in [0, 0.05) is 24.4 Å². The monoisotopic (exact) mass is 256 g/mol. The first-order valence-electron chi connectivity index (χ1n) is 6.47. The number of hydrogen-bond acceptors (Lipinski definition) is 3. The Hall–Kier alpha value is -1.87. The van der Waals surface area contributed by atoms with E-state index in [-0.39, 0.29) is 6.04 Å². The highest BCUT2D eigenvalue weighted by atomic mass is 16.5. The van der Waals surface area contributed by atoms with Gasteiger partial charge in [0.15, 0.2) is 0 Å². The molecule has 3 heteroatoms. The highest BCUT2D eigenvalue weighted by Crippen LogP contribution is 2.31. The topological polar surface area (TPSA) is 34.1 Å². The highest BCUT2D eigenvalue weighted by Gasteiger charge is 2.19. The van der Waals surface area contributed by atoms with Crippen LogP contribution in [0, 0.1) is 0 Å². The van der Waals surface area contributed by atoms with Crippen molar-refractivity contribution in [3.05, 3.63) is 59.9 Å². The molecule has 0 fully saturated rings. The van der Waals surface area contributed by atoms with Crippen LogP contribution in [-0.4, -0.2) is 19.1 Å². The molecule has 1 N–H and O–H groups in total. The average Bonchev–Trinajstić information content (AvgIpc) is 2.49. The van der Waals surface area contributed by atoms with Crippen LogP contribution in [-0.2, 0) is 0 Å². The number of nitrogens with one attached hydrogen (secondary N) is 1. The van der Waals surface area contributed by atoms with E-state index in [1.807, 2.05) is 31.6 Å². The van der Waals surface area contributed by atoms with Crippen LogP contribution in [0.15, 0.2) is 48.8 Å². The predicted molar refractivity (Wildman–Crippen MR) is 77.4 cm³/mol. The zero-order valence-electron chi connectivity index (χ0n) is 11.6. The molecule has 1 aromatic heterocycles. The molecule has 0 aliphatic rings. The van der Waals surface area contributed by atoms with Crippen LogP contribution < -0.4 is 10.1 Å². The van der Waals surface area contributed by atoms with Crippen molar-refractivity contribution in [1.82, 2.24) is 10.3 Å². The minimum absolute atomic E-state index is 0.248. The molecule has 1 aromatic carbocycles. The number of rotatable bonds is 5. The lowest BCUT2D eigenvalue weighted by Crippen LogP contribution is -2.22. The summed E-state index contributed by atoms with van der Waals surface area (Å²) in [5, 5.41) is 3.39. The number of methoxy groups -OCH3 is 1. The van der Waals surface area contributed by atoms with E-state index in [2.05, 4.69) is 41.5 Å². The molecule has 3 nitrogen and oxygen atoms in total. The molecule has 19 heavy (non-hydrogen) atoms. The Morgan fingerprint density at radius 2 is 1.84 bits per heavy atom. The smallest absolute Gasteiger partial charge is 0.119 e. The molecular weight excluding hydrogens is 236 g/mol. The quantitative estimate of drug-likeness (QED) is 0.892. The first kappa shape index (κ1) is 13.6. The Morgan fingerprint density at radius 3 is 2.47 bits per heavy atom. The molecule has 100 valence electrons. The maximum Gasteiger partial charge on any atom is 0.119 e. The third-order valence-electron chi connectivity index (χ3n) is 3.50. The fourth-order valence-electron chi connectivity index (χ4n) is 2.40. The van der Waals surface area contributed by atoms with E-state index in [4.69, 9.17) is 4.74 Å². The number of ether oxygens (including phenoxy) is 1. The molecule has 0 bridgehead atoms. The molecule has 2 rings (SSSR count). The number of hydrogen-bond donors (Lipinski definition) is 1. The standard InChI is InChI=1S/C16H20N2O/c1-12(13-7-9-18-10-8-13)16(17-2)14-5-4-6-15(11-14)19-3/h4-12,16-17H,1-3H3. The first-order chi connectivity index (χ1) is 9.26. The number of pyridine rings is 1. The lowest BCUT2D eigenvalue weighted by Gasteiger charge is -2.24. The van der Waals surface area contributed by atoms with Crippen molar-refractivity contribution in [1.29, 1.82) is 0 Å². The van der Waals surface area contributed by atoms with Gasteiger partial charge in [-0.15, -0.1) is 0 Å².